The quantitative estimate of drug-likeness (QED) is 0.836. The highest BCUT2D eigenvalue weighted by Gasteiger charge is 2.21. The maximum Gasteiger partial charge on any atom is 0.0504 e. The van der Waals surface area contributed by atoms with Gasteiger partial charge in [0.15, 0.2) is 0 Å². The summed E-state index contributed by atoms with van der Waals surface area (Å²) in [5.41, 5.74) is 2.60. The van der Waals surface area contributed by atoms with Crippen LogP contribution in [0.5, 0.6) is 0 Å². The van der Waals surface area contributed by atoms with E-state index in [4.69, 9.17) is 0 Å². The standard InChI is InChI=1S/C14H15NOS/c1-9-8-15-12-7-6-10-11(14(9)12)4-3-5-13(10)17(2)16/h3-7,9,15H,8H2,1-2H3. The Balaban J connectivity index is 2.39. The largest absolute Gasteiger partial charge is 0.384 e. The van der Waals surface area contributed by atoms with Crippen molar-refractivity contribution in [1.82, 2.24) is 0 Å². The number of anilines is 1. The van der Waals surface area contributed by atoms with Crippen LogP contribution < -0.4 is 5.32 Å². The van der Waals surface area contributed by atoms with Crippen molar-refractivity contribution in [2.75, 3.05) is 18.1 Å². The van der Waals surface area contributed by atoms with Crippen molar-refractivity contribution in [3.8, 4) is 0 Å². The summed E-state index contributed by atoms with van der Waals surface area (Å²) in [5.74, 6) is 0.522. The van der Waals surface area contributed by atoms with Crippen molar-refractivity contribution >= 4 is 27.3 Å². The summed E-state index contributed by atoms with van der Waals surface area (Å²) < 4.78 is 11.7. The van der Waals surface area contributed by atoms with E-state index in [0.29, 0.717) is 5.92 Å². The fourth-order valence-corrected chi connectivity index (χ4v) is 3.41. The molecule has 0 saturated carbocycles. The van der Waals surface area contributed by atoms with Gasteiger partial charge in [0.25, 0.3) is 0 Å². The van der Waals surface area contributed by atoms with Crippen molar-refractivity contribution in [3.63, 3.8) is 0 Å². The molecule has 1 N–H and O–H groups in total. The minimum Gasteiger partial charge on any atom is -0.384 e. The van der Waals surface area contributed by atoms with Crippen LogP contribution in [-0.2, 0) is 10.8 Å². The fourth-order valence-electron chi connectivity index (χ4n) is 2.65. The van der Waals surface area contributed by atoms with Gasteiger partial charge in [0.1, 0.15) is 0 Å². The van der Waals surface area contributed by atoms with Crippen LogP contribution in [0.4, 0.5) is 5.69 Å². The van der Waals surface area contributed by atoms with Crippen molar-refractivity contribution in [1.29, 1.82) is 0 Å². The molecule has 2 nitrogen and oxygen atoms in total. The van der Waals surface area contributed by atoms with Gasteiger partial charge in [-0.25, -0.2) is 0 Å². The van der Waals surface area contributed by atoms with Gasteiger partial charge in [-0.2, -0.15) is 0 Å². The highest BCUT2D eigenvalue weighted by atomic mass is 32.2. The van der Waals surface area contributed by atoms with Gasteiger partial charge in [-0.15, -0.1) is 0 Å². The molecule has 1 aliphatic rings. The second-order valence-corrected chi connectivity index (χ2v) is 5.96. The van der Waals surface area contributed by atoms with Crippen LogP contribution in [0.3, 0.4) is 0 Å². The van der Waals surface area contributed by atoms with E-state index >= 15 is 0 Å². The zero-order valence-corrected chi connectivity index (χ0v) is 10.8. The van der Waals surface area contributed by atoms with Gasteiger partial charge in [-0.05, 0) is 28.5 Å². The lowest BCUT2D eigenvalue weighted by molar-refractivity contribution is 0.687. The van der Waals surface area contributed by atoms with E-state index in [1.54, 1.807) is 6.26 Å². The topological polar surface area (TPSA) is 29.1 Å². The molecule has 1 aliphatic heterocycles. The number of benzene rings is 2. The van der Waals surface area contributed by atoms with Crippen LogP contribution in [0.25, 0.3) is 10.8 Å². The average Bonchev–Trinajstić information content (AvgIpc) is 2.70. The van der Waals surface area contributed by atoms with Gasteiger partial charge in [-0.1, -0.05) is 25.1 Å². The molecule has 1 heterocycles. The molecule has 2 aromatic carbocycles. The third-order valence-electron chi connectivity index (χ3n) is 3.46. The Morgan fingerprint density at radius 2 is 2.06 bits per heavy atom. The Morgan fingerprint density at radius 3 is 2.82 bits per heavy atom. The summed E-state index contributed by atoms with van der Waals surface area (Å²) in [6.07, 6.45) is 1.74. The third kappa shape index (κ3) is 1.57. The van der Waals surface area contributed by atoms with Crippen LogP contribution in [0.1, 0.15) is 18.4 Å². The molecule has 0 aromatic heterocycles. The average molecular weight is 245 g/mol. The smallest absolute Gasteiger partial charge is 0.0504 e. The second-order valence-electron chi connectivity index (χ2n) is 4.61. The summed E-state index contributed by atoms with van der Waals surface area (Å²) >= 11 is 0. The van der Waals surface area contributed by atoms with Crippen LogP contribution >= 0.6 is 0 Å². The summed E-state index contributed by atoms with van der Waals surface area (Å²) in [5, 5.41) is 5.79. The number of fused-ring (bicyclic) bond motifs is 3. The molecule has 0 bridgehead atoms. The van der Waals surface area contributed by atoms with Crippen molar-refractivity contribution in [2.24, 2.45) is 0 Å². The van der Waals surface area contributed by atoms with Crippen LogP contribution in [0, 0.1) is 0 Å². The third-order valence-corrected chi connectivity index (χ3v) is 4.44. The Kier molecular flexibility index (Phi) is 2.44. The fraction of sp³-hybridized carbons (Fsp3) is 0.286. The molecule has 0 aliphatic carbocycles. The molecule has 2 atom stereocenters. The molecule has 3 rings (SSSR count). The Morgan fingerprint density at radius 1 is 1.24 bits per heavy atom. The molecule has 88 valence electrons. The van der Waals surface area contributed by atoms with E-state index in [2.05, 4.69) is 30.4 Å². The maximum atomic E-state index is 11.7. The number of hydrogen-bond acceptors (Lipinski definition) is 2. The molecule has 0 saturated heterocycles. The lowest BCUT2D eigenvalue weighted by atomic mass is 9.96. The van der Waals surface area contributed by atoms with Crippen LogP contribution in [0.15, 0.2) is 35.2 Å². The van der Waals surface area contributed by atoms with E-state index in [1.165, 1.54) is 16.6 Å². The molecule has 0 amide bonds. The molecule has 0 spiro atoms. The van der Waals surface area contributed by atoms with Gasteiger partial charge in [0, 0.05) is 29.3 Å². The van der Waals surface area contributed by atoms with Gasteiger partial charge in [0.2, 0.25) is 0 Å². The van der Waals surface area contributed by atoms with Crippen molar-refractivity contribution in [2.45, 2.75) is 17.7 Å². The molecule has 0 radical (unpaired) electrons. The van der Waals surface area contributed by atoms with Crippen molar-refractivity contribution < 1.29 is 4.21 Å². The van der Waals surface area contributed by atoms with Gasteiger partial charge in [0.05, 0.1) is 10.8 Å². The SMILES string of the molecule is CC1CNc2ccc3c(S(C)=O)cccc3c21. The summed E-state index contributed by atoms with van der Waals surface area (Å²) in [6.45, 7) is 3.22. The zero-order chi connectivity index (χ0) is 12.0. The highest BCUT2D eigenvalue weighted by molar-refractivity contribution is 7.84. The lowest BCUT2D eigenvalue weighted by Crippen LogP contribution is -1.96. The Hall–Kier alpha value is -1.35. The molecular weight excluding hydrogens is 230 g/mol. The first-order valence-electron chi connectivity index (χ1n) is 5.81. The van der Waals surface area contributed by atoms with E-state index in [0.717, 1.165) is 16.8 Å². The summed E-state index contributed by atoms with van der Waals surface area (Å²) in [4.78, 5) is 0.935. The van der Waals surface area contributed by atoms with E-state index < -0.39 is 10.8 Å². The second kappa shape index (κ2) is 3.84. The number of rotatable bonds is 1. The summed E-state index contributed by atoms with van der Waals surface area (Å²) in [6, 6.07) is 10.3. The minimum atomic E-state index is -0.932. The number of hydrogen-bond donors (Lipinski definition) is 1. The highest BCUT2D eigenvalue weighted by Crippen LogP contribution is 2.38. The van der Waals surface area contributed by atoms with Gasteiger partial charge >= 0.3 is 0 Å². The maximum absolute atomic E-state index is 11.7. The van der Waals surface area contributed by atoms with E-state index in [9.17, 15) is 4.21 Å². The van der Waals surface area contributed by atoms with Crippen molar-refractivity contribution in [3.05, 3.63) is 35.9 Å². The van der Waals surface area contributed by atoms with Crippen LogP contribution in [-0.4, -0.2) is 17.0 Å². The first-order chi connectivity index (χ1) is 8.18. The monoisotopic (exact) mass is 245 g/mol. The predicted molar refractivity (Wildman–Crippen MR) is 73.2 cm³/mol. The molecule has 0 fully saturated rings. The van der Waals surface area contributed by atoms with E-state index in [-0.39, 0.29) is 0 Å². The van der Waals surface area contributed by atoms with Crippen LogP contribution in [0.2, 0.25) is 0 Å². The molecule has 17 heavy (non-hydrogen) atoms. The normalized spacial score (nSPS) is 20.0. The molecule has 2 aromatic rings. The first kappa shape index (κ1) is 10.8. The zero-order valence-electron chi connectivity index (χ0n) is 9.99. The predicted octanol–water partition coefficient (Wildman–Crippen LogP) is 3.11. The summed E-state index contributed by atoms with van der Waals surface area (Å²) in [7, 11) is -0.932. The van der Waals surface area contributed by atoms with Gasteiger partial charge in [-0.3, -0.25) is 4.21 Å². The van der Waals surface area contributed by atoms with Gasteiger partial charge < -0.3 is 5.32 Å². The molecule has 2 unspecified atom stereocenters. The number of nitrogens with one attached hydrogen (secondary N) is 1. The Bertz CT molecular complexity index is 621. The minimum absolute atomic E-state index is 0.522. The Labute approximate surface area is 103 Å². The lowest BCUT2D eigenvalue weighted by Gasteiger charge is -2.10. The van der Waals surface area contributed by atoms with E-state index in [1.807, 2.05) is 12.1 Å². The first-order valence-corrected chi connectivity index (χ1v) is 7.37. The molecule has 3 heteroatoms. The molecular formula is C14H15NOS.